The first-order valence-electron chi connectivity index (χ1n) is 8.84. The molecule has 5 heteroatoms. The molecular weight excluding hydrogens is 326 g/mol. The SMILES string of the molecule is CC(CO)N1Cc2c(-c3ccc(N(C)C)cc3)c3ccccn3c2C1=O. The Morgan fingerprint density at radius 3 is 2.54 bits per heavy atom. The number of aliphatic hydroxyl groups is 1. The minimum Gasteiger partial charge on any atom is -0.394 e. The average Bonchev–Trinajstić information content (AvgIpc) is 3.16. The van der Waals surface area contributed by atoms with Crippen LogP contribution in [-0.2, 0) is 6.54 Å². The molecule has 1 aliphatic rings. The number of carbonyl (C=O) groups excluding carboxylic acids is 1. The third kappa shape index (κ3) is 2.39. The van der Waals surface area contributed by atoms with Gasteiger partial charge in [0.15, 0.2) is 0 Å². The van der Waals surface area contributed by atoms with Gasteiger partial charge in [-0.2, -0.15) is 0 Å². The largest absolute Gasteiger partial charge is 0.394 e. The Morgan fingerprint density at radius 1 is 1.15 bits per heavy atom. The third-order valence-corrected chi connectivity index (χ3v) is 5.21. The number of nitrogens with zero attached hydrogens (tertiary/aromatic N) is 3. The smallest absolute Gasteiger partial charge is 0.271 e. The molecule has 1 N–H and O–H groups in total. The van der Waals surface area contributed by atoms with Gasteiger partial charge in [-0.1, -0.05) is 18.2 Å². The van der Waals surface area contributed by atoms with Gasteiger partial charge in [-0.05, 0) is 36.8 Å². The summed E-state index contributed by atoms with van der Waals surface area (Å²) in [5, 5.41) is 9.51. The van der Waals surface area contributed by atoms with Crippen molar-refractivity contribution in [1.82, 2.24) is 9.30 Å². The molecule has 0 aliphatic carbocycles. The fourth-order valence-corrected chi connectivity index (χ4v) is 3.73. The summed E-state index contributed by atoms with van der Waals surface area (Å²) in [4.78, 5) is 16.8. The highest BCUT2D eigenvalue weighted by Gasteiger charge is 2.36. The first-order valence-corrected chi connectivity index (χ1v) is 8.84. The molecule has 5 nitrogen and oxygen atoms in total. The number of aliphatic hydroxyl groups excluding tert-OH is 1. The van der Waals surface area contributed by atoms with Crippen molar-refractivity contribution in [3.8, 4) is 11.1 Å². The zero-order valence-corrected chi connectivity index (χ0v) is 15.3. The topological polar surface area (TPSA) is 48.2 Å². The van der Waals surface area contributed by atoms with Crippen LogP contribution >= 0.6 is 0 Å². The second-order valence-corrected chi connectivity index (χ2v) is 7.06. The number of amides is 1. The third-order valence-electron chi connectivity index (χ3n) is 5.21. The number of rotatable bonds is 4. The summed E-state index contributed by atoms with van der Waals surface area (Å²) in [6.45, 7) is 2.37. The second-order valence-electron chi connectivity index (χ2n) is 7.06. The molecule has 0 fully saturated rings. The predicted molar refractivity (Wildman–Crippen MR) is 104 cm³/mol. The molecule has 0 radical (unpaired) electrons. The van der Waals surface area contributed by atoms with Crippen LogP contribution in [0.3, 0.4) is 0 Å². The van der Waals surface area contributed by atoms with Crippen molar-refractivity contribution < 1.29 is 9.90 Å². The van der Waals surface area contributed by atoms with Crippen molar-refractivity contribution in [3.05, 3.63) is 59.9 Å². The first-order chi connectivity index (χ1) is 12.5. The number of carbonyl (C=O) groups is 1. The van der Waals surface area contributed by atoms with Crippen molar-refractivity contribution in [3.63, 3.8) is 0 Å². The van der Waals surface area contributed by atoms with Crippen molar-refractivity contribution in [2.45, 2.75) is 19.5 Å². The highest BCUT2D eigenvalue weighted by molar-refractivity contribution is 6.04. The van der Waals surface area contributed by atoms with E-state index in [9.17, 15) is 9.90 Å². The number of anilines is 1. The van der Waals surface area contributed by atoms with Crippen molar-refractivity contribution in [2.24, 2.45) is 0 Å². The van der Waals surface area contributed by atoms with Crippen LogP contribution in [-0.4, -0.2) is 47.1 Å². The Morgan fingerprint density at radius 2 is 1.88 bits per heavy atom. The molecule has 0 spiro atoms. The summed E-state index contributed by atoms with van der Waals surface area (Å²) in [6, 6.07) is 14.2. The van der Waals surface area contributed by atoms with Crippen LogP contribution in [0.4, 0.5) is 5.69 Å². The normalized spacial score (nSPS) is 14.8. The summed E-state index contributed by atoms with van der Waals surface area (Å²) in [5.74, 6) is -0.0149. The molecule has 0 saturated carbocycles. The van der Waals surface area contributed by atoms with Gasteiger partial charge in [-0.25, -0.2) is 0 Å². The lowest BCUT2D eigenvalue weighted by atomic mass is 10.0. The molecule has 134 valence electrons. The summed E-state index contributed by atoms with van der Waals surface area (Å²) in [5.41, 5.74) is 6.14. The van der Waals surface area contributed by atoms with Crippen LogP contribution in [0.25, 0.3) is 16.6 Å². The van der Waals surface area contributed by atoms with Crippen LogP contribution < -0.4 is 4.90 Å². The molecule has 1 aromatic carbocycles. The van der Waals surface area contributed by atoms with Crippen molar-refractivity contribution >= 4 is 17.1 Å². The monoisotopic (exact) mass is 349 g/mol. The molecule has 3 aromatic rings. The molecule has 1 amide bonds. The van der Waals surface area contributed by atoms with E-state index in [0.29, 0.717) is 12.2 Å². The van der Waals surface area contributed by atoms with E-state index in [1.54, 1.807) is 4.90 Å². The van der Waals surface area contributed by atoms with Crippen LogP contribution in [0.15, 0.2) is 48.7 Å². The predicted octanol–water partition coefficient (Wildman–Crippen LogP) is 3.01. The molecule has 1 atom stereocenters. The number of hydrogen-bond donors (Lipinski definition) is 1. The molecule has 1 unspecified atom stereocenters. The van der Waals surface area contributed by atoms with Gasteiger partial charge in [-0.3, -0.25) is 4.79 Å². The maximum Gasteiger partial charge on any atom is 0.271 e. The quantitative estimate of drug-likeness (QED) is 0.788. The van der Waals surface area contributed by atoms with E-state index in [1.807, 2.05) is 43.7 Å². The lowest BCUT2D eigenvalue weighted by Crippen LogP contribution is -2.36. The van der Waals surface area contributed by atoms with Crippen LogP contribution in [0.2, 0.25) is 0 Å². The molecule has 3 heterocycles. The Kier molecular flexibility index (Phi) is 3.96. The lowest BCUT2D eigenvalue weighted by Gasteiger charge is -2.23. The zero-order chi connectivity index (χ0) is 18.4. The summed E-state index contributed by atoms with van der Waals surface area (Å²) in [6.07, 6.45) is 1.94. The summed E-state index contributed by atoms with van der Waals surface area (Å²) in [7, 11) is 4.04. The van der Waals surface area contributed by atoms with Gasteiger partial charge >= 0.3 is 0 Å². The van der Waals surface area contributed by atoms with E-state index >= 15 is 0 Å². The molecule has 2 aromatic heterocycles. The zero-order valence-electron chi connectivity index (χ0n) is 15.3. The highest BCUT2D eigenvalue weighted by Crippen LogP contribution is 2.39. The van der Waals surface area contributed by atoms with Gasteiger partial charge in [0.25, 0.3) is 5.91 Å². The fraction of sp³-hybridized carbons (Fsp3) is 0.286. The molecule has 4 rings (SSSR count). The van der Waals surface area contributed by atoms with Gasteiger partial charge in [0.1, 0.15) is 5.69 Å². The Hall–Kier alpha value is -2.79. The number of fused-ring (bicyclic) bond motifs is 3. The van der Waals surface area contributed by atoms with E-state index in [4.69, 9.17) is 0 Å². The van der Waals surface area contributed by atoms with Crippen LogP contribution in [0, 0.1) is 0 Å². The number of benzene rings is 1. The fourth-order valence-electron chi connectivity index (χ4n) is 3.73. The summed E-state index contributed by atoms with van der Waals surface area (Å²) >= 11 is 0. The van der Waals surface area contributed by atoms with Gasteiger partial charge < -0.3 is 19.3 Å². The maximum absolute atomic E-state index is 13.0. The molecular formula is C21H23N3O2. The van der Waals surface area contributed by atoms with Gasteiger partial charge in [0.2, 0.25) is 0 Å². The number of hydrogen-bond acceptors (Lipinski definition) is 3. The highest BCUT2D eigenvalue weighted by atomic mass is 16.3. The minimum absolute atomic E-state index is 0.0149. The van der Waals surface area contributed by atoms with E-state index in [0.717, 1.165) is 27.9 Å². The molecule has 0 saturated heterocycles. The van der Waals surface area contributed by atoms with Gasteiger partial charge in [0, 0.05) is 43.7 Å². The van der Waals surface area contributed by atoms with E-state index in [-0.39, 0.29) is 18.6 Å². The van der Waals surface area contributed by atoms with Gasteiger partial charge in [0.05, 0.1) is 18.2 Å². The first kappa shape index (κ1) is 16.7. The Balaban J connectivity index is 1.90. The van der Waals surface area contributed by atoms with Crippen molar-refractivity contribution in [1.29, 1.82) is 0 Å². The van der Waals surface area contributed by atoms with Crippen LogP contribution in [0.5, 0.6) is 0 Å². The molecule has 1 aliphatic heterocycles. The standard InChI is InChI=1S/C21H23N3O2/c1-14(13-25)24-12-17-19(15-7-9-16(10-8-15)22(2)3)18-6-4-5-11-23(18)20(17)21(24)26/h4-11,14,25H,12-13H2,1-3H3. The number of aromatic nitrogens is 1. The van der Waals surface area contributed by atoms with Gasteiger partial charge in [-0.15, -0.1) is 0 Å². The number of pyridine rings is 1. The summed E-state index contributed by atoms with van der Waals surface area (Å²) < 4.78 is 1.98. The van der Waals surface area contributed by atoms with Crippen LogP contribution in [0.1, 0.15) is 23.0 Å². The average molecular weight is 349 g/mol. The molecule has 0 bridgehead atoms. The second kappa shape index (κ2) is 6.18. The molecule has 26 heavy (non-hydrogen) atoms. The Labute approximate surface area is 153 Å². The van der Waals surface area contributed by atoms with E-state index < -0.39 is 0 Å². The lowest BCUT2D eigenvalue weighted by molar-refractivity contribution is 0.0638. The van der Waals surface area contributed by atoms with Crippen molar-refractivity contribution in [2.75, 3.05) is 25.6 Å². The minimum atomic E-state index is -0.196. The van der Waals surface area contributed by atoms with E-state index in [2.05, 4.69) is 35.2 Å². The maximum atomic E-state index is 13.0. The van der Waals surface area contributed by atoms with E-state index in [1.165, 1.54) is 0 Å². The Bertz CT molecular complexity index is 973.